The summed E-state index contributed by atoms with van der Waals surface area (Å²) < 4.78 is 16.9. The Labute approximate surface area is 159 Å². The van der Waals surface area contributed by atoms with Gasteiger partial charge in [0.15, 0.2) is 11.5 Å². The van der Waals surface area contributed by atoms with Crippen molar-refractivity contribution in [2.24, 2.45) is 0 Å². The number of carbonyl (C=O) groups excluding carboxylic acids is 1. The van der Waals surface area contributed by atoms with Crippen LogP contribution in [0.5, 0.6) is 11.5 Å². The first-order valence-corrected chi connectivity index (χ1v) is 9.34. The molecule has 1 unspecified atom stereocenters. The largest absolute Gasteiger partial charge is 0.486 e. The number of amides is 1. The smallest absolute Gasteiger partial charge is 0.251 e. The van der Waals surface area contributed by atoms with Gasteiger partial charge < -0.3 is 19.5 Å². The lowest BCUT2D eigenvalue weighted by Crippen LogP contribution is -2.40. The summed E-state index contributed by atoms with van der Waals surface area (Å²) in [5.41, 5.74) is 1.85. The topological polar surface area (TPSA) is 60.0 Å². The van der Waals surface area contributed by atoms with E-state index < -0.39 is 0 Å². The Morgan fingerprint density at radius 3 is 2.56 bits per heavy atom. The molecule has 1 atom stereocenters. The minimum atomic E-state index is -0.190. The number of nitrogens with one attached hydrogen (secondary N) is 1. The Morgan fingerprint density at radius 2 is 1.78 bits per heavy atom. The molecule has 27 heavy (non-hydrogen) atoms. The first kappa shape index (κ1) is 17.8. The zero-order chi connectivity index (χ0) is 18.5. The minimum absolute atomic E-state index is 0.101. The molecule has 1 N–H and O–H groups in total. The van der Waals surface area contributed by atoms with E-state index in [1.165, 1.54) is 5.56 Å². The van der Waals surface area contributed by atoms with Crippen molar-refractivity contribution in [2.45, 2.75) is 12.6 Å². The van der Waals surface area contributed by atoms with E-state index in [0.29, 0.717) is 18.7 Å². The molecule has 0 spiro atoms. The number of nitrogens with zero attached hydrogens (tertiary/aromatic N) is 1. The number of rotatable bonds is 5. The molecule has 0 aliphatic carbocycles. The average Bonchev–Trinajstić information content (AvgIpc) is 2.73. The third-order valence-electron chi connectivity index (χ3n) is 4.78. The summed E-state index contributed by atoms with van der Waals surface area (Å²) in [6.45, 7) is 5.20. The van der Waals surface area contributed by atoms with E-state index in [1.54, 1.807) is 0 Å². The van der Waals surface area contributed by atoms with Crippen molar-refractivity contribution in [3.05, 3.63) is 59.7 Å². The molecule has 0 saturated carbocycles. The summed E-state index contributed by atoms with van der Waals surface area (Å²) in [4.78, 5) is 14.8. The number of hydrogen-bond donors (Lipinski definition) is 1. The van der Waals surface area contributed by atoms with E-state index in [4.69, 9.17) is 14.2 Å². The van der Waals surface area contributed by atoms with Crippen molar-refractivity contribution in [3.63, 3.8) is 0 Å². The molecule has 1 saturated heterocycles. The number of benzene rings is 2. The van der Waals surface area contributed by atoms with Gasteiger partial charge >= 0.3 is 0 Å². The molecular weight excluding hydrogens is 344 g/mol. The van der Waals surface area contributed by atoms with Crippen LogP contribution in [-0.2, 0) is 11.3 Å². The Balaban J connectivity index is 1.27. The molecule has 0 bridgehead atoms. The fraction of sp³-hybridized carbons (Fsp3) is 0.381. The van der Waals surface area contributed by atoms with Crippen molar-refractivity contribution in [1.82, 2.24) is 10.2 Å². The summed E-state index contributed by atoms with van der Waals surface area (Å²) in [6, 6.07) is 15.3. The molecule has 6 nitrogen and oxygen atoms in total. The number of hydrogen-bond acceptors (Lipinski definition) is 5. The van der Waals surface area contributed by atoms with Crippen LogP contribution in [0.15, 0.2) is 48.5 Å². The van der Waals surface area contributed by atoms with Gasteiger partial charge in [-0.15, -0.1) is 0 Å². The maximum absolute atomic E-state index is 12.4. The van der Waals surface area contributed by atoms with Gasteiger partial charge in [0.2, 0.25) is 0 Å². The predicted molar refractivity (Wildman–Crippen MR) is 101 cm³/mol. The summed E-state index contributed by atoms with van der Waals surface area (Å²) in [5, 5.41) is 2.93. The molecule has 0 radical (unpaired) electrons. The Bertz CT molecular complexity index is 772. The minimum Gasteiger partial charge on any atom is -0.486 e. The van der Waals surface area contributed by atoms with Crippen LogP contribution in [0.25, 0.3) is 0 Å². The van der Waals surface area contributed by atoms with E-state index in [-0.39, 0.29) is 12.0 Å². The highest BCUT2D eigenvalue weighted by atomic mass is 16.6. The number of morpholine rings is 1. The van der Waals surface area contributed by atoms with Gasteiger partial charge in [0.05, 0.1) is 19.8 Å². The molecule has 2 aromatic rings. The van der Waals surface area contributed by atoms with E-state index in [0.717, 1.165) is 44.3 Å². The monoisotopic (exact) mass is 368 g/mol. The van der Waals surface area contributed by atoms with Crippen molar-refractivity contribution >= 4 is 5.91 Å². The standard InChI is InChI=1S/C21H24N2O4/c24-21(22-13-18-15-26-19-3-1-2-4-20(19)27-18)17-7-5-16(6-8-17)14-23-9-11-25-12-10-23/h1-8,18H,9-15H2,(H,22,24). The van der Waals surface area contributed by atoms with Gasteiger partial charge in [-0.05, 0) is 29.8 Å². The van der Waals surface area contributed by atoms with Crippen molar-refractivity contribution in [1.29, 1.82) is 0 Å². The Hall–Kier alpha value is -2.57. The van der Waals surface area contributed by atoms with Gasteiger partial charge in [0.1, 0.15) is 12.7 Å². The summed E-state index contributed by atoms with van der Waals surface area (Å²) in [6.07, 6.45) is -0.190. The van der Waals surface area contributed by atoms with Crippen LogP contribution >= 0.6 is 0 Å². The highest BCUT2D eigenvalue weighted by molar-refractivity contribution is 5.94. The number of carbonyl (C=O) groups is 1. The van der Waals surface area contributed by atoms with Crippen LogP contribution in [0.4, 0.5) is 0 Å². The molecule has 0 aromatic heterocycles. The van der Waals surface area contributed by atoms with Crippen LogP contribution in [0.3, 0.4) is 0 Å². The maximum Gasteiger partial charge on any atom is 0.251 e. The van der Waals surface area contributed by atoms with Gasteiger partial charge in [-0.25, -0.2) is 0 Å². The molecule has 2 aromatic carbocycles. The third kappa shape index (κ3) is 4.59. The lowest BCUT2D eigenvalue weighted by molar-refractivity contribution is 0.0342. The van der Waals surface area contributed by atoms with Crippen molar-refractivity contribution in [3.8, 4) is 11.5 Å². The van der Waals surface area contributed by atoms with E-state index in [1.807, 2.05) is 48.5 Å². The summed E-state index contributed by atoms with van der Waals surface area (Å²) >= 11 is 0. The zero-order valence-corrected chi connectivity index (χ0v) is 15.2. The number of fused-ring (bicyclic) bond motifs is 1. The fourth-order valence-corrected chi connectivity index (χ4v) is 3.25. The van der Waals surface area contributed by atoms with Crippen LogP contribution in [0.2, 0.25) is 0 Å². The third-order valence-corrected chi connectivity index (χ3v) is 4.78. The van der Waals surface area contributed by atoms with E-state index >= 15 is 0 Å². The Kier molecular flexibility index (Phi) is 5.55. The molecule has 6 heteroatoms. The summed E-state index contributed by atoms with van der Waals surface area (Å²) in [5.74, 6) is 1.36. The van der Waals surface area contributed by atoms with Crippen LogP contribution in [0, 0.1) is 0 Å². The van der Waals surface area contributed by atoms with Crippen LogP contribution in [-0.4, -0.2) is 56.4 Å². The fourth-order valence-electron chi connectivity index (χ4n) is 3.25. The molecule has 4 rings (SSSR count). The van der Waals surface area contributed by atoms with Gasteiger partial charge in [-0.2, -0.15) is 0 Å². The lowest BCUT2D eigenvalue weighted by Gasteiger charge is -2.27. The van der Waals surface area contributed by atoms with Crippen molar-refractivity contribution < 1.29 is 19.0 Å². The molecule has 2 heterocycles. The maximum atomic E-state index is 12.4. The molecule has 2 aliphatic rings. The van der Waals surface area contributed by atoms with Crippen LogP contribution in [0.1, 0.15) is 15.9 Å². The lowest BCUT2D eigenvalue weighted by atomic mass is 10.1. The Morgan fingerprint density at radius 1 is 1.04 bits per heavy atom. The molecule has 142 valence electrons. The van der Waals surface area contributed by atoms with Crippen LogP contribution < -0.4 is 14.8 Å². The second-order valence-corrected chi connectivity index (χ2v) is 6.79. The first-order valence-electron chi connectivity index (χ1n) is 9.34. The van der Waals surface area contributed by atoms with E-state index in [9.17, 15) is 4.79 Å². The first-order chi connectivity index (χ1) is 13.3. The molecule has 2 aliphatic heterocycles. The van der Waals surface area contributed by atoms with Gasteiger partial charge in [0, 0.05) is 25.2 Å². The normalized spacial score (nSPS) is 19.5. The second kappa shape index (κ2) is 8.41. The molecular formula is C21H24N2O4. The molecule has 1 fully saturated rings. The predicted octanol–water partition coefficient (Wildman–Crippen LogP) is 2.09. The highest BCUT2D eigenvalue weighted by Gasteiger charge is 2.21. The van der Waals surface area contributed by atoms with Crippen molar-refractivity contribution in [2.75, 3.05) is 39.5 Å². The molecule has 1 amide bonds. The highest BCUT2D eigenvalue weighted by Crippen LogP contribution is 2.30. The van der Waals surface area contributed by atoms with Gasteiger partial charge in [-0.3, -0.25) is 9.69 Å². The SMILES string of the molecule is O=C(NCC1COc2ccccc2O1)c1ccc(CN2CCOCC2)cc1. The summed E-state index contributed by atoms with van der Waals surface area (Å²) in [7, 11) is 0. The van der Waals surface area contributed by atoms with E-state index in [2.05, 4.69) is 10.2 Å². The van der Waals surface area contributed by atoms with Gasteiger partial charge in [0.25, 0.3) is 5.91 Å². The average molecular weight is 368 g/mol. The second-order valence-electron chi connectivity index (χ2n) is 6.79. The quantitative estimate of drug-likeness (QED) is 0.876. The van der Waals surface area contributed by atoms with Gasteiger partial charge in [-0.1, -0.05) is 24.3 Å². The number of ether oxygens (including phenoxy) is 3. The zero-order valence-electron chi connectivity index (χ0n) is 15.2. The number of para-hydroxylation sites is 2.